The summed E-state index contributed by atoms with van der Waals surface area (Å²) in [5.74, 6) is 0.701. The number of Topliss-reactive ketones (excluding diaryl/α,β-unsaturated/α-hetero) is 1. The number of carbonyl (C=O) groups is 1. The zero-order chi connectivity index (χ0) is 12.0. The number of ether oxygens (including phenoxy) is 2. The lowest BCUT2D eigenvalue weighted by molar-refractivity contribution is -0.123. The largest absolute Gasteiger partial charge is 0.369 e. The van der Waals surface area contributed by atoms with Crippen LogP contribution in [0.4, 0.5) is 0 Å². The number of carbonyl (C=O) groups excluding carboxylic acids is 1. The van der Waals surface area contributed by atoms with Gasteiger partial charge in [-0.2, -0.15) is 0 Å². The van der Waals surface area contributed by atoms with E-state index in [1.165, 1.54) is 5.57 Å². The van der Waals surface area contributed by atoms with Crippen molar-refractivity contribution in [2.75, 3.05) is 6.61 Å². The minimum Gasteiger partial charge on any atom is -0.369 e. The van der Waals surface area contributed by atoms with Crippen LogP contribution in [-0.2, 0) is 14.3 Å². The van der Waals surface area contributed by atoms with Gasteiger partial charge in [-0.25, -0.2) is 0 Å². The van der Waals surface area contributed by atoms with Crippen molar-refractivity contribution in [3.05, 3.63) is 11.6 Å². The van der Waals surface area contributed by atoms with Crippen LogP contribution in [0.5, 0.6) is 0 Å². The predicted molar refractivity (Wildman–Crippen MR) is 63.7 cm³/mol. The molecule has 3 aliphatic rings. The summed E-state index contributed by atoms with van der Waals surface area (Å²) in [6.07, 6.45) is 6.05. The van der Waals surface area contributed by atoms with Gasteiger partial charge in [-0.1, -0.05) is 11.6 Å². The molecule has 4 atom stereocenters. The first-order chi connectivity index (χ1) is 8.11. The molecule has 2 aliphatic heterocycles. The molecule has 2 heterocycles. The lowest BCUT2D eigenvalue weighted by atomic mass is 9.76. The van der Waals surface area contributed by atoms with E-state index in [9.17, 15) is 4.79 Å². The van der Waals surface area contributed by atoms with Crippen LogP contribution in [0.25, 0.3) is 0 Å². The second kappa shape index (κ2) is 3.92. The quantitative estimate of drug-likeness (QED) is 0.557. The normalized spacial score (nSPS) is 43.6. The molecule has 2 saturated heterocycles. The maximum absolute atomic E-state index is 11.6. The van der Waals surface area contributed by atoms with E-state index in [0.717, 1.165) is 19.4 Å². The highest BCUT2D eigenvalue weighted by Crippen LogP contribution is 2.52. The van der Waals surface area contributed by atoms with Crippen LogP contribution in [0.1, 0.15) is 39.5 Å². The van der Waals surface area contributed by atoms with E-state index >= 15 is 0 Å². The molecule has 1 spiro atoms. The van der Waals surface area contributed by atoms with Crippen LogP contribution < -0.4 is 0 Å². The monoisotopic (exact) mass is 236 g/mol. The van der Waals surface area contributed by atoms with Crippen molar-refractivity contribution in [3.63, 3.8) is 0 Å². The summed E-state index contributed by atoms with van der Waals surface area (Å²) in [4.78, 5) is 11.6. The minimum atomic E-state index is 0.0122. The lowest BCUT2D eigenvalue weighted by Gasteiger charge is -2.26. The first-order valence-electron chi connectivity index (χ1n) is 6.55. The van der Waals surface area contributed by atoms with Gasteiger partial charge in [0.2, 0.25) is 0 Å². The van der Waals surface area contributed by atoms with Gasteiger partial charge in [-0.3, -0.25) is 4.79 Å². The molecule has 0 bridgehead atoms. The number of hydrogen-bond donors (Lipinski definition) is 0. The summed E-state index contributed by atoms with van der Waals surface area (Å²) in [5, 5.41) is 0. The van der Waals surface area contributed by atoms with Crippen LogP contribution in [0.2, 0.25) is 0 Å². The molecule has 0 N–H and O–H groups in total. The van der Waals surface area contributed by atoms with Crippen LogP contribution in [0, 0.1) is 5.92 Å². The van der Waals surface area contributed by atoms with Gasteiger partial charge in [0.15, 0.2) is 0 Å². The molecule has 1 aliphatic carbocycles. The van der Waals surface area contributed by atoms with E-state index in [2.05, 4.69) is 19.9 Å². The van der Waals surface area contributed by atoms with E-state index in [1.54, 1.807) is 0 Å². The maximum Gasteiger partial charge on any atom is 0.133 e. The molecule has 3 heteroatoms. The molecule has 3 unspecified atom stereocenters. The molecule has 17 heavy (non-hydrogen) atoms. The second-order valence-electron chi connectivity index (χ2n) is 5.86. The van der Waals surface area contributed by atoms with Crippen LogP contribution in [-0.4, -0.2) is 30.2 Å². The predicted octanol–water partition coefficient (Wildman–Crippen LogP) is 2.25. The summed E-state index contributed by atoms with van der Waals surface area (Å²) in [6, 6.07) is 0. The molecule has 94 valence electrons. The van der Waals surface area contributed by atoms with Crippen molar-refractivity contribution < 1.29 is 14.3 Å². The average Bonchev–Trinajstić information content (AvgIpc) is 3.17. The molecular formula is C14H20O3. The maximum atomic E-state index is 11.6. The van der Waals surface area contributed by atoms with Crippen LogP contribution >= 0.6 is 0 Å². The Bertz CT molecular complexity index is 364. The molecule has 0 aromatic carbocycles. The first kappa shape index (κ1) is 11.4. The highest BCUT2D eigenvalue weighted by molar-refractivity contribution is 5.80. The zero-order valence-corrected chi connectivity index (χ0v) is 10.6. The van der Waals surface area contributed by atoms with Crippen molar-refractivity contribution in [2.45, 2.75) is 57.3 Å². The molecule has 3 rings (SSSR count). The van der Waals surface area contributed by atoms with Crippen LogP contribution in [0.15, 0.2) is 11.6 Å². The molecular weight excluding hydrogens is 216 g/mol. The van der Waals surface area contributed by atoms with E-state index in [-0.39, 0.29) is 11.7 Å². The van der Waals surface area contributed by atoms with Crippen molar-refractivity contribution in [2.24, 2.45) is 5.92 Å². The van der Waals surface area contributed by atoms with Gasteiger partial charge in [0.25, 0.3) is 0 Å². The Kier molecular flexibility index (Phi) is 2.64. The molecule has 0 radical (unpaired) electrons. The highest BCUT2D eigenvalue weighted by Gasteiger charge is 2.62. The van der Waals surface area contributed by atoms with E-state index < -0.39 is 0 Å². The van der Waals surface area contributed by atoms with Gasteiger partial charge in [0, 0.05) is 18.8 Å². The third kappa shape index (κ3) is 2.18. The Hall–Kier alpha value is -0.670. The molecule has 3 nitrogen and oxygen atoms in total. The Labute approximate surface area is 102 Å². The number of hydrogen-bond acceptors (Lipinski definition) is 3. The number of allylic oxidation sites excluding steroid dienone is 1. The minimum absolute atomic E-state index is 0.0122. The summed E-state index contributed by atoms with van der Waals surface area (Å²) >= 11 is 0. The van der Waals surface area contributed by atoms with Crippen molar-refractivity contribution in [1.82, 2.24) is 0 Å². The standard InChI is InChI=1S/C14H20O3/c1-9(2)3-4-12-13(17-12)11-7-10(15)5-6-14(11)8-16-14/h3,11-13H,4-8H2,1-2H3/t11?,12?,13?,14-/m0/s1. The smallest absolute Gasteiger partial charge is 0.133 e. The van der Waals surface area contributed by atoms with E-state index in [1.807, 2.05) is 0 Å². The molecule has 0 aromatic rings. The Morgan fingerprint density at radius 1 is 1.53 bits per heavy atom. The number of ketones is 1. The fraction of sp³-hybridized carbons (Fsp3) is 0.786. The van der Waals surface area contributed by atoms with Gasteiger partial charge < -0.3 is 9.47 Å². The summed E-state index contributed by atoms with van der Waals surface area (Å²) in [6.45, 7) is 5.04. The second-order valence-corrected chi connectivity index (χ2v) is 5.86. The summed E-state index contributed by atoms with van der Waals surface area (Å²) in [7, 11) is 0. The fourth-order valence-corrected chi connectivity index (χ4v) is 2.99. The van der Waals surface area contributed by atoms with Crippen molar-refractivity contribution in [3.8, 4) is 0 Å². The zero-order valence-electron chi connectivity index (χ0n) is 10.6. The van der Waals surface area contributed by atoms with E-state index in [4.69, 9.17) is 9.47 Å². The Morgan fingerprint density at radius 2 is 2.29 bits per heavy atom. The molecule has 0 amide bonds. The third-order valence-electron chi connectivity index (χ3n) is 4.24. The van der Waals surface area contributed by atoms with Crippen LogP contribution in [0.3, 0.4) is 0 Å². The third-order valence-corrected chi connectivity index (χ3v) is 4.24. The summed E-state index contributed by atoms with van der Waals surface area (Å²) < 4.78 is 11.4. The lowest BCUT2D eigenvalue weighted by Crippen LogP contribution is -2.36. The molecule has 1 saturated carbocycles. The Morgan fingerprint density at radius 3 is 2.94 bits per heavy atom. The fourth-order valence-electron chi connectivity index (χ4n) is 2.99. The van der Waals surface area contributed by atoms with Crippen molar-refractivity contribution in [1.29, 1.82) is 0 Å². The SMILES string of the molecule is CC(C)=CCC1OC1C1CC(=O)CC[C@]12CO2. The van der Waals surface area contributed by atoms with Gasteiger partial charge in [-0.15, -0.1) is 0 Å². The Balaban J connectivity index is 1.61. The molecule has 0 aromatic heterocycles. The van der Waals surface area contributed by atoms with E-state index in [0.29, 0.717) is 30.6 Å². The topological polar surface area (TPSA) is 42.1 Å². The van der Waals surface area contributed by atoms with Gasteiger partial charge in [-0.05, 0) is 26.7 Å². The van der Waals surface area contributed by atoms with Crippen molar-refractivity contribution >= 4 is 5.78 Å². The number of rotatable bonds is 3. The highest BCUT2D eigenvalue weighted by atomic mass is 16.6. The first-order valence-corrected chi connectivity index (χ1v) is 6.55. The van der Waals surface area contributed by atoms with Gasteiger partial charge >= 0.3 is 0 Å². The summed E-state index contributed by atoms with van der Waals surface area (Å²) in [5.41, 5.74) is 1.34. The van der Waals surface area contributed by atoms with Gasteiger partial charge in [0.05, 0.1) is 24.4 Å². The average molecular weight is 236 g/mol. The molecule has 3 fully saturated rings. The number of epoxide rings is 2. The van der Waals surface area contributed by atoms with Gasteiger partial charge in [0.1, 0.15) is 5.78 Å².